The first kappa shape index (κ1) is 69.8. The minimum absolute atomic E-state index is 0.0589. The highest BCUT2D eigenvalue weighted by atomic mass is 16.7. The maximum Gasteiger partial charge on any atom is 0.306 e. The fourth-order valence-corrected chi connectivity index (χ4v) is 9.43. The molecule has 442 valence electrons. The monoisotopic (exact) mass is 1080 g/mol. The maximum absolute atomic E-state index is 13.1. The average molecular weight is 1080 g/mol. The van der Waals surface area contributed by atoms with E-state index in [0.29, 0.717) is 13.0 Å². The van der Waals surface area contributed by atoms with Crippen molar-refractivity contribution >= 4 is 5.97 Å². The molecule has 2 aliphatic rings. The molecule has 0 aromatic rings. The molecule has 0 spiro atoms. The number of hydrogen-bond acceptors (Lipinski definition) is 14. The molecular weight excluding hydrogens is 969 g/mol. The van der Waals surface area contributed by atoms with Crippen molar-refractivity contribution in [2.75, 3.05) is 33.0 Å². The lowest BCUT2D eigenvalue weighted by atomic mass is 9.98. The van der Waals surface area contributed by atoms with Crippen LogP contribution in [-0.4, -0.2) is 142 Å². The lowest BCUT2D eigenvalue weighted by Crippen LogP contribution is -2.61. The quantitative estimate of drug-likeness (QED) is 0.0172. The molecule has 2 saturated heterocycles. The molecule has 0 bridgehead atoms. The van der Waals surface area contributed by atoms with Crippen LogP contribution in [0.1, 0.15) is 226 Å². The van der Waals surface area contributed by atoms with Crippen LogP contribution in [0.2, 0.25) is 0 Å². The van der Waals surface area contributed by atoms with E-state index < -0.39 is 80.7 Å². The van der Waals surface area contributed by atoms with Gasteiger partial charge in [-0.1, -0.05) is 222 Å². The normalized spacial score (nSPS) is 24.9. The fraction of sp³-hybridized carbons (Fsp3) is 0.823. The Morgan fingerprint density at radius 2 is 0.855 bits per heavy atom. The van der Waals surface area contributed by atoms with E-state index >= 15 is 0 Å². The number of unbranched alkanes of at least 4 members (excludes halogenated alkanes) is 25. The molecule has 0 aromatic heterocycles. The molecule has 0 radical (unpaired) electrons. The molecule has 14 nitrogen and oxygen atoms in total. The molecule has 2 aliphatic heterocycles. The van der Waals surface area contributed by atoms with Crippen LogP contribution < -0.4 is 0 Å². The Hall–Kier alpha value is -2.31. The third-order valence-electron chi connectivity index (χ3n) is 14.3. The van der Waals surface area contributed by atoms with Crippen LogP contribution in [0, 0.1) is 0 Å². The zero-order valence-electron chi connectivity index (χ0n) is 47.5. The van der Waals surface area contributed by atoms with Gasteiger partial charge in [0, 0.05) is 13.0 Å². The van der Waals surface area contributed by atoms with Crippen LogP contribution in [0.3, 0.4) is 0 Å². The molecule has 2 heterocycles. The summed E-state index contributed by atoms with van der Waals surface area (Å²) in [6.45, 7) is 3.59. The molecule has 7 N–H and O–H groups in total. The average Bonchev–Trinajstić information content (AvgIpc) is 3.42. The van der Waals surface area contributed by atoms with E-state index in [0.717, 1.165) is 77.0 Å². The van der Waals surface area contributed by atoms with Crippen LogP contribution in [0.5, 0.6) is 0 Å². The highest BCUT2D eigenvalue weighted by Gasteiger charge is 2.47. The summed E-state index contributed by atoms with van der Waals surface area (Å²) in [5, 5.41) is 72.4. The summed E-state index contributed by atoms with van der Waals surface area (Å²) in [6, 6.07) is 0. The Morgan fingerprint density at radius 1 is 0.447 bits per heavy atom. The predicted octanol–water partition coefficient (Wildman–Crippen LogP) is 11.2. The highest BCUT2D eigenvalue weighted by Crippen LogP contribution is 2.27. The second-order valence-electron chi connectivity index (χ2n) is 21.2. The van der Waals surface area contributed by atoms with Gasteiger partial charge in [0.05, 0.1) is 26.4 Å². The Kier molecular flexibility index (Phi) is 44.6. The number of carbonyl (C=O) groups is 1. The number of rotatable bonds is 49. The number of hydrogen-bond donors (Lipinski definition) is 7. The van der Waals surface area contributed by atoms with E-state index in [1.54, 1.807) is 0 Å². The molecule has 11 unspecified atom stereocenters. The Labute approximate surface area is 460 Å². The molecule has 0 amide bonds. The number of ether oxygens (including phenoxy) is 6. The van der Waals surface area contributed by atoms with Crippen molar-refractivity contribution in [2.45, 2.75) is 293 Å². The molecule has 14 heteroatoms. The van der Waals surface area contributed by atoms with Gasteiger partial charge in [-0.05, 0) is 57.8 Å². The van der Waals surface area contributed by atoms with Gasteiger partial charge in [-0.3, -0.25) is 4.79 Å². The van der Waals surface area contributed by atoms with Crippen molar-refractivity contribution in [3.63, 3.8) is 0 Å². The van der Waals surface area contributed by atoms with Gasteiger partial charge >= 0.3 is 5.97 Å². The number of allylic oxidation sites excluding steroid dienone is 10. The lowest BCUT2D eigenvalue weighted by molar-refractivity contribution is -0.332. The van der Waals surface area contributed by atoms with Gasteiger partial charge < -0.3 is 64.2 Å². The number of aliphatic hydroxyl groups is 7. The van der Waals surface area contributed by atoms with Gasteiger partial charge in [0.25, 0.3) is 0 Å². The molecular formula is C62H110O14. The molecule has 0 aromatic carbocycles. The summed E-state index contributed by atoms with van der Waals surface area (Å²) in [7, 11) is 0. The maximum atomic E-state index is 13.1. The summed E-state index contributed by atoms with van der Waals surface area (Å²) in [6.07, 6.45) is 44.2. The van der Waals surface area contributed by atoms with Crippen LogP contribution in [-0.2, 0) is 33.2 Å². The third-order valence-corrected chi connectivity index (χ3v) is 14.3. The van der Waals surface area contributed by atoms with Crippen LogP contribution in [0.25, 0.3) is 0 Å². The van der Waals surface area contributed by atoms with Crippen molar-refractivity contribution in [1.82, 2.24) is 0 Å². The fourth-order valence-electron chi connectivity index (χ4n) is 9.43. The molecule has 2 fully saturated rings. The van der Waals surface area contributed by atoms with E-state index in [2.05, 4.69) is 74.6 Å². The smallest absolute Gasteiger partial charge is 0.306 e. The van der Waals surface area contributed by atoms with Gasteiger partial charge in [-0.15, -0.1) is 0 Å². The SMILES string of the molecule is CC/C=C\C/C=C\C/C=C\C/C=C\C/C=C\CCCCCCCCCCCCOCC(COC1OC(COC2OC(CO)C(O)C(O)C2O)C(O)C(O)C1O)OC(=O)CCCCCCCCCCCCCCCCCC. The molecule has 11 atom stereocenters. The number of esters is 1. The van der Waals surface area contributed by atoms with Crippen molar-refractivity contribution < 1.29 is 69.0 Å². The lowest BCUT2D eigenvalue weighted by Gasteiger charge is -2.42. The second-order valence-corrected chi connectivity index (χ2v) is 21.2. The zero-order chi connectivity index (χ0) is 55.1. The molecule has 0 saturated carbocycles. The second kappa shape index (κ2) is 48.6. The van der Waals surface area contributed by atoms with E-state index in [4.69, 9.17) is 28.4 Å². The Bertz CT molecular complexity index is 1490. The van der Waals surface area contributed by atoms with Crippen molar-refractivity contribution in [2.24, 2.45) is 0 Å². The first-order valence-corrected chi connectivity index (χ1v) is 30.4. The van der Waals surface area contributed by atoms with E-state index in [1.807, 2.05) is 0 Å². The van der Waals surface area contributed by atoms with Crippen LogP contribution in [0.15, 0.2) is 60.8 Å². The molecule has 2 rings (SSSR count). The van der Waals surface area contributed by atoms with Gasteiger partial charge in [0.15, 0.2) is 12.6 Å². The van der Waals surface area contributed by atoms with Crippen molar-refractivity contribution in [1.29, 1.82) is 0 Å². The van der Waals surface area contributed by atoms with E-state index in [1.165, 1.54) is 122 Å². The topological polar surface area (TPSA) is 214 Å². The van der Waals surface area contributed by atoms with Gasteiger partial charge in [-0.2, -0.15) is 0 Å². The van der Waals surface area contributed by atoms with Gasteiger partial charge in [-0.25, -0.2) is 0 Å². The van der Waals surface area contributed by atoms with E-state index in [-0.39, 0.29) is 25.6 Å². The van der Waals surface area contributed by atoms with Gasteiger partial charge in [0.2, 0.25) is 0 Å². The number of carbonyl (C=O) groups excluding carboxylic acids is 1. The molecule has 0 aliphatic carbocycles. The van der Waals surface area contributed by atoms with Crippen molar-refractivity contribution in [3.05, 3.63) is 60.8 Å². The third kappa shape index (κ3) is 34.6. The summed E-state index contributed by atoms with van der Waals surface area (Å²) < 4.78 is 34.4. The summed E-state index contributed by atoms with van der Waals surface area (Å²) >= 11 is 0. The summed E-state index contributed by atoms with van der Waals surface area (Å²) in [4.78, 5) is 13.1. The van der Waals surface area contributed by atoms with E-state index in [9.17, 15) is 40.5 Å². The van der Waals surface area contributed by atoms with Crippen LogP contribution in [0.4, 0.5) is 0 Å². The van der Waals surface area contributed by atoms with Crippen molar-refractivity contribution in [3.8, 4) is 0 Å². The van der Waals surface area contributed by atoms with Gasteiger partial charge in [0.1, 0.15) is 54.9 Å². The number of aliphatic hydroxyl groups excluding tert-OH is 7. The Balaban J connectivity index is 1.68. The summed E-state index contributed by atoms with van der Waals surface area (Å²) in [5.41, 5.74) is 0. The van der Waals surface area contributed by atoms with Crippen LogP contribution >= 0.6 is 0 Å². The highest BCUT2D eigenvalue weighted by molar-refractivity contribution is 5.69. The Morgan fingerprint density at radius 3 is 1.34 bits per heavy atom. The first-order chi connectivity index (χ1) is 37.1. The summed E-state index contributed by atoms with van der Waals surface area (Å²) in [5.74, 6) is -0.376. The minimum atomic E-state index is -1.71. The largest absolute Gasteiger partial charge is 0.457 e. The standard InChI is InChI=1S/C62H110O14/c1-3-5-7-9-11-13-15-17-19-21-22-23-24-25-26-27-28-29-30-32-34-36-38-40-42-44-46-71-48-51(74-54(64)45-43-41-39-37-35-33-31-20-18-16-14-12-10-8-6-4-2)49-72-61-60(70)58(68)56(66)53(76-61)50-73-62-59(69)57(67)55(65)52(47-63)75-62/h5,7,11,13,17,19,22-23,25-26,51-53,55-63,65-70H,3-4,6,8-10,12,14-16,18,20-21,24,27-50H2,1-2H3/b7-5-,13-11-,19-17-,23-22-,26-25-. The zero-order valence-corrected chi connectivity index (χ0v) is 47.5. The minimum Gasteiger partial charge on any atom is -0.457 e. The first-order valence-electron chi connectivity index (χ1n) is 30.4. The molecule has 76 heavy (non-hydrogen) atoms. The predicted molar refractivity (Wildman–Crippen MR) is 302 cm³/mol.